The lowest BCUT2D eigenvalue weighted by molar-refractivity contribution is -0.121. The molecule has 170 valence electrons. The summed E-state index contributed by atoms with van der Waals surface area (Å²) < 4.78 is 13.2. The van der Waals surface area contributed by atoms with E-state index in [1.807, 2.05) is 62.4 Å². The molecule has 33 heavy (non-hydrogen) atoms. The third-order valence-corrected chi connectivity index (χ3v) is 5.62. The van der Waals surface area contributed by atoms with Gasteiger partial charge in [0.2, 0.25) is 5.95 Å². The van der Waals surface area contributed by atoms with Gasteiger partial charge in [0.25, 0.3) is 5.91 Å². The molecule has 0 unspecified atom stereocenters. The van der Waals surface area contributed by atoms with Crippen molar-refractivity contribution in [2.45, 2.75) is 27.2 Å². The fraction of sp³-hybridized carbons (Fsp3) is 0.231. The number of hydrogen-bond acceptors (Lipinski definition) is 5. The molecule has 0 aliphatic carbocycles. The highest BCUT2D eigenvalue weighted by Gasteiger charge is 2.27. The van der Waals surface area contributed by atoms with E-state index >= 15 is 0 Å². The van der Waals surface area contributed by atoms with Gasteiger partial charge in [-0.05, 0) is 60.4 Å². The molecule has 2 aromatic carbocycles. The van der Waals surface area contributed by atoms with Crippen LogP contribution in [0.25, 0.3) is 17.7 Å². The molecule has 1 amide bonds. The van der Waals surface area contributed by atoms with Crippen LogP contribution in [0.3, 0.4) is 0 Å². The van der Waals surface area contributed by atoms with E-state index in [0.29, 0.717) is 29.5 Å². The minimum atomic E-state index is -0.152. The van der Waals surface area contributed by atoms with Crippen molar-refractivity contribution in [3.8, 4) is 5.75 Å². The number of imidazole rings is 1. The van der Waals surface area contributed by atoms with Crippen molar-refractivity contribution < 1.29 is 14.3 Å². The van der Waals surface area contributed by atoms with E-state index in [2.05, 4.69) is 4.98 Å². The van der Waals surface area contributed by atoms with Crippen molar-refractivity contribution in [3.63, 3.8) is 0 Å². The number of carbonyl (C=O) groups excluding carboxylic acids is 1. The molecule has 0 saturated carbocycles. The van der Waals surface area contributed by atoms with E-state index in [9.17, 15) is 4.79 Å². The average Bonchev–Trinajstić information content (AvgIpc) is 3.05. The summed E-state index contributed by atoms with van der Waals surface area (Å²) in [4.78, 5) is 19.4. The third kappa shape index (κ3) is 4.54. The lowest BCUT2D eigenvalue weighted by Crippen LogP contribution is -2.22. The zero-order chi connectivity index (χ0) is 23.5. The van der Waals surface area contributed by atoms with Crippen LogP contribution in [0, 0.1) is 13.8 Å². The van der Waals surface area contributed by atoms with Crippen LogP contribution in [0.15, 0.2) is 48.7 Å². The van der Waals surface area contributed by atoms with Gasteiger partial charge in [0.05, 0.1) is 30.7 Å². The SMILES string of the molecule is COc1c(C)cc(/C=C2/C(=O)N(C)C=Cc3nc(N)n(COCc4ccccc4)c32)cc1C. The smallest absolute Gasteiger partial charge is 0.259 e. The molecule has 7 heteroatoms. The quantitative estimate of drug-likeness (QED) is 0.575. The maximum absolute atomic E-state index is 13.3. The minimum Gasteiger partial charge on any atom is -0.496 e. The van der Waals surface area contributed by atoms with Crippen molar-refractivity contribution in [1.29, 1.82) is 0 Å². The number of benzene rings is 2. The third-order valence-electron chi connectivity index (χ3n) is 5.62. The first kappa shape index (κ1) is 22.4. The number of nitrogens with zero attached hydrogens (tertiary/aromatic N) is 3. The monoisotopic (exact) mass is 444 g/mol. The Balaban J connectivity index is 1.75. The van der Waals surface area contributed by atoms with E-state index in [1.54, 1.807) is 35.9 Å². The van der Waals surface area contributed by atoms with E-state index in [0.717, 1.165) is 28.0 Å². The maximum atomic E-state index is 13.3. The molecule has 3 aromatic rings. The molecule has 0 atom stereocenters. The Kier molecular flexibility index (Phi) is 6.33. The van der Waals surface area contributed by atoms with Gasteiger partial charge in [-0.25, -0.2) is 4.98 Å². The number of hydrogen-bond donors (Lipinski definition) is 1. The molecule has 0 bridgehead atoms. The molecule has 1 aliphatic rings. The number of amides is 1. The van der Waals surface area contributed by atoms with Crippen LogP contribution in [-0.4, -0.2) is 34.5 Å². The Morgan fingerprint density at radius 3 is 2.48 bits per heavy atom. The second-order valence-corrected chi connectivity index (χ2v) is 8.07. The Morgan fingerprint density at radius 2 is 1.82 bits per heavy atom. The second-order valence-electron chi connectivity index (χ2n) is 8.07. The lowest BCUT2D eigenvalue weighted by atomic mass is 10.0. The zero-order valence-electron chi connectivity index (χ0n) is 19.3. The molecular formula is C26H28N4O3. The summed E-state index contributed by atoms with van der Waals surface area (Å²) in [7, 11) is 3.38. The van der Waals surface area contributed by atoms with E-state index in [-0.39, 0.29) is 12.6 Å². The Morgan fingerprint density at radius 1 is 1.12 bits per heavy atom. The Hall–Kier alpha value is -3.84. The summed E-state index contributed by atoms with van der Waals surface area (Å²) in [6.07, 6.45) is 5.37. The van der Waals surface area contributed by atoms with E-state index < -0.39 is 0 Å². The number of methoxy groups -OCH3 is 1. The lowest BCUT2D eigenvalue weighted by Gasteiger charge is -2.16. The number of likely N-dealkylation sites (N-methyl/N-ethyl adjacent to an activating group) is 1. The van der Waals surface area contributed by atoms with Crippen molar-refractivity contribution >= 4 is 29.6 Å². The van der Waals surface area contributed by atoms with Gasteiger partial charge in [0.15, 0.2) is 0 Å². The summed E-state index contributed by atoms with van der Waals surface area (Å²) in [6, 6.07) is 13.9. The van der Waals surface area contributed by atoms with Gasteiger partial charge in [-0.15, -0.1) is 0 Å². The van der Waals surface area contributed by atoms with Gasteiger partial charge in [-0.1, -0.05) is 30.3 Å². The Labute approximate surface area is 193 Å². The number of anilines is 1. The molecule has 7 nitrogen and oxygen atoms in total. The fourth-order valence-corrected chi connectivity index (χ4v) is 4.08. The van der Waals surface area contributed by atoms with Crippen molar-refractivity contribution in [1.82, 2.24) is 14.5 Å². The number of aryl methyl sites for hydroxylation is 2. The van der Waals surface area contributed by atoms with Crippen molar-refractivity contribution in [2.24, 2.45) is 0 Å². The number of nitrogens with two attached hydrogens (primary N) is 1. The van der Waals surface area contributed by atoms with Crippen LogP contribution in [0.4, 0.5) is 5.95 Å². The molecule has 4 rings (SSSR count). The minimum absolute atomic E-state index is 0.152. The molecular weight excluding hydrogens is 416 g/mol. The average molecular weight is 445 g/mol. The number of ether oxygens (including phenoxy) is 2. The van der Waals surface area contributed by atoms with Gasteiger partial charge < -0.3 is 20.1 Å². The maximum Gasteiger partial charge on any atom is 0.259 e. The molecule has 2 heterocycles. The van der Waals surface area contributed by atoms with Crippen molar-refractivity contribution in [3.05, 3.63) is 82.3 Å². The van der Waals surface area contributed by atoms with Gasteiger partial charge in [0, 0.05) is 13.2 Å². The van der Waals surface area contributed by atoms with Crippen LogP contribution in [0.1, 0.15) is 33.6 Å². The highest BCUT2D eigenvalue weighted by Crippen LogP contribution is 2.32. The molecule has 0 spiro atoms. The molecule has 0 fully saturated rings. The van der Waals surface area contributed by atoms with Gasteiger partial charge in [0.1, 0.15) is 12.5 Å². The highest BCUT2D eigenvalue weighted by molar-refractivity contribution is 6.25. The van der Waals surface area contributed by atoms with Crippen LogP contribution < -0.4 is 10.5 Å². The van der Waals surface area contributed by atoms with E-state index in [1.165, 1.54) is 0 Å². The molecule has 1 aliphatic heterocycles. The summed E-state index contributed by atoms with van der Waals surface area (Å²) in [5.41, 5.74) is 11.9. The largest absolute Gasteiger partial charge is 0.496 e. The normalized spacial score (nSPS) is 14.5. The number of carbonyl (C=O) groups is 1. The number of fused-ring (bicyclic) bond motifs is 1. The van der Waals surface area contributed by atoms with E-state index in [4.69, 9.17) is 15.2 Å². The van der Waals surface area contributed by atoms with Crippen molar-refractivity contribution in [2.75, 3.05) is 19.9 Å². The van der Waals surface area contributed by atoms with Crippen LogP contribution in [0.5, 0.6) is 5.75 Å². The highest BCUT2D eigenvalue weighted by atomic mass is 16.5. The van der Waals surface area contributed by atoms with Gasteiger partial charge in [-0.3, -0.25) is 9.36 Å². The predicted molar refractivity (Wildman–Crippen MR) is 130 cm³/mol. The molecule has 2 N–H and O–H groups in total. The predicted octanol–water partition coefficient (Wildman–Crippen LogP) is 4.25. The first-order valence-corrected chi connectivity index (χ1v) is 10.7. The zero-order valence-corrected chi connectivity index (χ0v) is 19.3. The first-order chi connectivity index (χ1) is 15.9. The molecule has 0 radical (unpaired) electrons. The number of rotatable bonds is 6. The van der Waals surface area contributed by atoms with Gasteiger partial charge >= 0.3 is 0 Å². The topological polar surface area (TPSA) is 82.6 Å². The number of nitrogen functional groups attached to an aromatic ring is 1. The van der Waals surface area contributed by atoms with Crippen LogP contribution in [0.2, 0.25) is 0 Å². The summed E-state index contributed by atoms with van der Waals surface area (Å²) in [5, 5.41) is 0. The molecule has 0 saturated heterocycles. The summed E-state index contributed by atoms with van der Waals surface area (Å²) >= 11 is 0. The fourth-order valence-electron chi connectivity index (χ4n) is 4.08. The Bertz CT molecular complexity index is 1220. The summed E-state index contributed by atoms with van der Waals surface area (Å²) in [6.45, 7) is 4.57. The standard InChI is InChI=1S/C26H28N4O3/c1-17-12-20(13-18(2)24(17)32-4)14-21-23-22(10-11-29(3)25(21)31)28-26(27)30(23)16-33-15-19-8-6-5-7-9-19/h5-14H,15-16H2,1-4H3,(H2,27,28)/b21-14+. The van der Waals surface area contributed by atoms with Crippen LogP contribution >= 0.6 is 0 Å². The molecule has 1 aromatic heterocycles. The summed E-state index contributed by atoms with van der Waals surface area (Å²) in [5.74, 6) is 0.982. The number of aromatic nitrogens is 2. The first-order valence-electron chi connectivity index (χ1n) is 10.7. The van der Waals surface area contributed by atoms with Crippen LogP contribution in [-0.2, 0) is 22.9 Å². The van der Waals surface area contributed by atoms with Gasteiger partial charge in [-0.2, -0.15) is 0 Å². The second kappa shape index (κ2) is 9.34.